The van der Waals surface area contributed by atoms with Crippen LogP contribution in [0, 0.1) is 0 Å². The largest absolute Gasteiger partial charge is 0.341 e. The van der Waals surface area contributed by atoms with Gasteiger partial charge in [-0.25, -0.2) is 26.8 Å². The van der Waals surface area contributed by atoms with E-state index in [1.54, 1.807) is 63.3 Å². The van der Waals surface area contributed by atoms with Crippen LogP contribution in [0.1, 0.15) is 49.4 Å². The molecule has 0 radical (unpaired) electrons. The highest BCUT2D eigenvalue weighted by molar-refractivity contribution is 7.89. The van der Waals surface area contributed by atoms with Gasteiger partial charge in [0.05, 0.1) is 44.8 Å². The second-order valence-electron chi connectivity index (χ2n) is 12.3. The van der Waals surface area contributed by atoms with Crippen molar-refractivity contribution < 1.29 is 16.8 Å². The van der Waals surface area contributed by atoms with Crippen molar-refractivity contribution >= 4 is 31.1 Å². The maximum atomic E-state index is 13.4. The number of rotatable bonds is 8. The van der Waals surface area contributed by atoms with E-state index in [0.717, 1.165) is 46.3 Å². The monoisotopic (exact) mass is 678 g/mol. The Bertz CT molecular complexity index is 2300. The third-order valence-corrected chi connectivity index (χ3v) is 13.2. The van der Waals surface area contributed by atoms with E-state index >= 15 is 0 Å². The van der Waals surface area contributed by atoms with Gasteiger partial charge in [-0.3, -0.25) is 0 Å². The van der Waals surface area contributed by atoms with Crippen LogP contribution in [0.2, 0.25) is 0 Å². The van der Waals surface area contributed by atoms with E-state index in [-0.39, 0.29) is 12.1 Å². The van der Waals surface area contributed by atoms with Gasteiger partial charge in [0.15, 0.2) is 0 Å². The van der Waals surface area contributed by atoms with Gasteiger partial charge in [-0.05, 0) is 78.8 Å². The molecule has 2 N–H and O–H groups in total. The molecule has 2 saturated heterocycles. The summed E-state index contributed by atoms with van der Waals surface area (Å²) in [6.07, 6.45) is 4.72. The summed E-state index contributed by atoms with van der Waals surface area (Å²) in [5.74, 6) is 1.30. The Morgan fingerprint density at radius 3 is 1.75 bits per heavy atom. The van der Waals surface area contributed by atoms with Crippen molar-refractivity contribution in [2.45, 2.75) is 47.6 Å². The summed E-state index contributed by atoms with van der Waals surface area (Å²) in [5.41, 5.74) is 5.42. The molecule has 2 atom stereocenters. The van der Waals surface area contributed by atoms with Crippen LogP contribution in [0.5, 0.6) is 0 Å². The van der Waals surface area contributed by atoms with E-state index in [9.17, 15) is 16.8 Å². The molecule has 2 aliphatic rings. The number of nitrogens with one attached hydrogen (secondary N) is 2. The van der Waals surface area contributed by atoms with E-state index in [0.29, 0.717) is 47.4 Å². The topological polar surface area (TPSA) is 132 Å². The molecule has 0 bridgehead atoms. The van der Waals surface area contributed by atoms with Crippen molar-refractivity contribution in [3.05, 3.63) is 121 Å². The van der Waals surface area contributed by atoms with Gasteiger partial charge < -0.3 is 9.97 Å². The van der Waals surface area contributed by atoms with Crippen molar-refractivity contribution in [1.82, 2.24) is 28.5 Å². The van der Waals surface area contributed by atoms with E-state index in [1.807, 2.05) is 54.6 Å². The number of fused-ring (bicyclic) bond motifs is 1. The average Bonchev–Trinajstić information content (AvgIpc) is 3.94. The van der Waals surface area contributed by atoms with Gasteiger partial charge in [0.2, 0.25) is 20.0 Å². The van der Waals surface area contributed by atoms with Crippen LogP contribution in [0.3, 0.4) is 0 Å². The number of imidazole rings is 2. The molecule has 4 aromatic carbocycles. The Morgan fingerprint density at radius 1 is 0.604 bits per heavy atom. The molecule has 48 heavy (non-hydrogen) atoms. The lowest BCUT2D eigenvalue weighted by Crippen LogP contribution is -2.31. The molecule has 10 nitrogen and oxygen atoms in total. The third kappa shape index (κ3) is 5.44. The fourth-order valence-electron chi connectivity index (χ4n) is 6.92. The summed E-state index contributed by atoms with van der Waals surface area (Å²) in [6, 6.07) is 30.6. The summed E-state index contributed by atoms with van der Waals surface area (Å²) in [5, 5.41) is 0. The number of aromatic nitrogens is 4. The SMILES string of the molecule is O=S(=O)(c1ccccc1)N1CCC[C@H]1c1ncc(-c2ccc(-c3ccc4nc([C@@H]5CCCN5S(=O)(=O)c5ccccc5)[nH]c4c3)cc2)[nH]1. The van der Waals surface area contributed by atoms with Crippen molar-refractivity contribution in [1.29, 1.82) is 0 Å². The normalized spacial score (nSPS) is 19.3. The van der Waals surface area contributed by atoms with Crippen molar-refractivity contribution in [3.63, 3.8) is 0 Å². The Kier molecular flexibility index (Phi) is 7.75. The molecule has 4 heterocycles. The molecule has 12 heteroatoms. The molecule has 0 amide bonds. The zero-order valence-electron chi connectivity index (χ0n) is 26.0. The molecule has 2 aliphatic heterocycles. The summed E-state index contributed by atoms with van der Waals surface area (Å²) >= 11 is 0. The maximum absolute atomic E-state index is 13.4. The van der Waals surface area contributed by atoms with Crippen molar-refractivity contribution in [2.75, 3.05) is 13.1 Å². The predicted octanol–water partition coefficient (Wildman–Crippen LogP) is 6.67. The van der Waals surface area contributed by atoms with Gasteiger partial charge in [-0.15, -0.1) is 0 Å². The second kappa shape index (κ2) is 12.1. The van der Waals surface area contributed by atoms with Gasteiger partial charge in [-0.2, -0.15) is 8.61 Å². The minimum absolute atomic E-state index is 0.292. The molecule has 0 aliphatic carbocycles. The van der Waals surface area contributed by atoms with E-state index in [2.05, 4.69) is 15.0 Å². The number of H-pyrrole nitrogens is 2. The summed E-state index contributed by atoms with van der Waals surface area (Å²) in [7, 11) is -7.27. The first-order valence-corrected chi connectivity index (χ1v) is 19.0. The van der Waals surface area contributed by atoms with E-state index in [4.69, 9.17) is 4.98 Å². The average molecular weight is 679 g/mol. The van der Waals surface area contributed by atoms with Gasteiger partial charge in [0, 0.05) is 13.1 Å². The Balaban J connectivity index is 1.01. The predicted molar refractivity (Wildman–Crippen MR) is 184 cm³/mol. The molecule has 2 fully saturated rings. The lowest BCUT2D eigenvalue weighted by molar-refractivity contribution is 0.385. The molecular weight excluding hydrogens is 645 g/mol. The number of hydrogen-bond donors (Lipinski definition) is 2. The first-order chi connectivity index (χ1) is 23.3. The van der Waals surface area contributed by atoms with Crippen LogP contribution in [0.25, 0.3) is 33.4 Å². The molecule has 244 valence electrons. The Labute approximate surface area is 279 Å². The summed E-state index contributed by atoms with van der Waals surface area (Å²) < 4.78 is 56.7. The lowest BCUT2D eigenvalue weighted by atomic mass is 10.0. The minimum Gasteiger partial charge on any atom is -0.341 e. The van der Waals surface area contributed by atoms with E-state index in [1.165, 1.54) is 0 Å². The van der Waals surface area contributed by atoms with Gasteiger partial charge in [0.1, 0.15) is 11.6 Å². The van der Waals surface area contributed by atoms with Crippen LogP contribution < -0.4 is 0 Å². The number of hydrogen-bond acceptors (Lipinski definition) is 6. The zero-order chi connectivity index (χ0) is 32.9. The van der Waals surface area contributed by atoms with Crippen LogP contribution in [0.15, 0.2) is 119 Å². The number of aromatic amines is 2. The summed E-state index contributed by atoms with van der Waals surface area (Å²) in [6.45, 7) is 0.917. The highest BCUT2D eigenvalue weighted by atomic mass is 32.2. The Hall–Kier alpha value is -4.62. The minimum atomic E-state index is -3.64. The van der Waals surface area contributed by atoms with Crippen molar-refractivity contribution in [3.8, 4) is 22.4 Å². The molecule has 0 unspecified atom stereocenters. The molecular formula is C36H34N6O4S2. The number of nitrogens with zero attached hydrogens (tertiary/aromatic N) is 4. The van der Waals surface area contributed by atoms with Crippen LogP contribution in [0.4, 0.5) is 0 Å². The van der Waals surface area contributed by atoms with Gasteiger partial charge in [-0.1, -0.05) is 66.7 Å². The first-order valence-electron chi connectivity index (χ1n) is 16.1. The smallest absolute Gasteiger partial charge is 0.243 e. The van der Waals surface area contributed by atoms with Gasteiger partial charge >= 0.3 is 0 Å². The summed E-state index contributed by atoms with van der Waals surface area (Å²) in [4.78, 5) is 16.8. The van der Waals surface area contributed by atoms with Crippen LogP contribution in [-0.2, 0) is 20.0 Å². The Morgan fingerprint density at radius 2 is 1.15 bits per heavy atom. The molecule has 0 saturated carbocycles. The first kappa shape index (κ1) is 30.7. The maximum Gasteiger partial charge on any atom is 0.243 e. The van der Waals surface area contributed by atoms with Crippen LogP contribution in [-0.4, -0.2) is 58.5 Å². The molecule has 6 aromatic rings. The standard InChI is InChI=1S/C36H34N6O4S2/c43-47(44,28-9-3-1-4-10-28)41-21-7-13-33(41)35-37-24-32(40-35)26-17-15-25(16-18-26)27-19-20-30-31(23-27)39-36(38-30)34-14-8-22-42(34)48(45,46)29-11-5-2-6-12-29/h1-6,9-12,15-20,23-24,33-34H,7-8,13-14,21-22H2,(H,37,40)(H,38,39)/t33-,34-/m0/s1. The highest BCUT2D eigenvalue weighted by Gasteiger charge is 2.39. The third-order valence-electron chi connectivity index (χ3n) is 9.36. The lowest BCUT2D eigenvalue weighted by Gasteiger charge is -2.22. The van der Waals surface area contributed by atoms with Crippen LogP contribution >= 0.6 is 0 Å². The van der Waals surface area contributed by atoms with Crippen molar-refractivity contribution in [2.24, 2.45) is 0 Å². The number of benzene rings is 4. The van der Waals surface area contributed by atoms with Gasteiger partial charge in [0.25, 0.3) is 0 Å². The molecule has 8 rings (SSSR count). The second-order valence-corrected chi connectivity index (χ2v) is 16.1. The quantitative estimate of drug-likeness (QED) is 0.185. The van der Waals surface area contributed by atoms with E-state index < -0.39 is 20.0 Å². The number of sulfonamides is 2. The highest BCUT2D eigenvalue weighted by Crippen LogP contribution is 2.38. The molecule has 2 aromatic heterocycles. The molecule has 0 spiro atoms. The fourth-order valence-corrected chi connectivity index (χ4v) is 10.3. The fraction of sp³-hybridized carbons (Fsp3) is 0.222. The zero-order valence-corrected chi connectivity index (χ0v) is 27.7.